The third kappa shape index (κ3) is 4.79. The van der Waals surface area contributed by atoms with Crippen molar-refractivity contribution in [1.82, 2.24) is 9.97 Å². The van der Waals surface area contributed by atoms with Crippen LogP contribution >= 0.6 is 0 Å². The topological polar surface area (TPSA) is 116 Å². The van der Waals surface area contributed by atoms with E-state index >= 15 is 0 Å². The Kier molecular flexibility index (Phi) is 5.58. The fourth-order valence-corrected chi connectivity index (χ4v) is 2.17. The van der Waals surface area contributed by atoms with Crippen molar-refractivity contribution in [1.29, 1.82) is 0 Å². The number of hydrogen-bond acceptors (Lipinski definition) is 7. The molecule has 0 fully saturated rings. The van der Waals surface area contributed by atoms with Crippen molar-refractivity contribution >= 4 is 23.4 Å². The van der Waals surface area contributed by atoms with E-state index in [9.17, 15) is 9.59 Å². The fourth-order valence-electron chi connectivity index (χ4n) is 2.17. The van der Waals surface area contributed by atoms with E-state index < -0.39 is 18.5 Å². The summed E-state index contributed by atoms with van der Waals surface area (Å²) in [4.78, 5) is 31.6. The van der Waals surface area contributed by atoms with E-state index in [1.807, 2.05) is 18.2 Å². The van der Waals surface area contributed by atoms with Crippen LogP contribution in [0.4, 0.5) is 11.5 Å². The minimum atomic E-state index is -0.829. The molecule has 0 saturated carbocycles. The molecule has 0 aliphatic heterocycles. The summed E-state index contributed by atoms with van der Waals surface area (Å²) in [6.45, 7) is -0.505. The molecule has 27 heavy (non-hydrogen) atoms. The van der Waals surface area contributed by atoms with E-state index in [1.165, 1.54) is 12.4 Å². The van der Waals surface area contributed by atoms with Crippen LogP contribution in [0.25, 0.3) is 0 Å². The van der Waals surface area contributed by atoms with Crippen LogP contribution in [0.1, 0.15) is 10.5 Å². The standard InChI is InChI=1S/C19H16N4O4/c20-18-17(21-10-11-22-18)19(25)26-12-16(24)23-14-8-4-5-9-15(14)27-13-6-2-1-3-7-13/h1-11H,12H2,(H2,20,22)(H,23,24). The molecule has 136 valence electrons. The molecule has 0 radical (unpaired) electrons. The molecular weight excluding hydrogens is 348 g/mol. The highest BCUT2D eigenvalue weighted by Crippen LogP contribution is 2.28. The van der Waals surface area contributed by atoms with E-state index in [0.29, 0.717) is 17.2 Å². The minimum absolute atomic E-state index is 0.0653. The molecule has 1 heterocycles. The highest BCUT2D eigenvalue weighted by Gasteiger charge is 2.16. The van der Waals surface area contributed by atoms with Crippen LogP contribution in [0.15, 0.2) is 67.0 Å². The molecule has 0 bridgehead atoms. The van der Waals surface area contributed by atoms with Gasteiger partial charge in [-0.05, 0) is 24.3 Å². The summed E-state index contributed by atoms with van der Waals surface area (Å²) in [5.74, 6) is -0.339. The molecule has 8 heteroatoms. The Balaban J connectivity index is 1.61. The second-order valence-corrected chi connectivity index (χ2v) is 5.33. The molecule has 3 N–H and O–H groups in total. The number of nitrogen functional groups attached to an aromatic ring is 1. The zero-order valence-corrected chi connectivity index (χ0v) is 14.2. The second-order valence-electron chi connectivity index (χ2n) is 5.33. The predicted molar refractivity (Wildman–Crippen MR) is 98.3 cm³/mol. The highest BCUT2D eigenvalue weighted by molar-refractivity contribution is 5.97. The van der Waals surface area contributed by atoms with E-state index in [2.05, 4.69) is 15.3 Å². The number of aromatic nitrogens is 2. The summed E-state index contributed by atoms with van der Waals surface area (Å²) < 4.78 is 10.7. The van der Waals surface area contributed by atoms with Gasteiger partial charge >= 0.3 is 5.97 Å². The number of amides is 1. The molecule has 0 atom stereocenters. The number of para-hydroxylation sites is 3. The van der Waals surface area contributed by atoms with Gasteiger partial charge in [-0.1, -0.05) is 30.3 Å². The zero-order chi connectivity index (χ0) is 19.1. The van der Waals surface area contributed by atoms with Crippen molar-refractivity contribution < 1.29 is 19.1 Å². The van der Waals surface area contributed by atoms with Crippen LogP contribution in [0, 0.1) is 0 Å². The molecule has 1 aromatic heterocycles. The quantitative estimate of drug-likeness (QED) is 0.646. The van der Waals surface area contributed by atoms with E-state index in [4.69, 9.17) is 15.2 Å². The van der Waals surface area contributed by atoms with Crippen molar-refractivity contribution in [3.63, 3.8) is 0 Å². The number of benzene rings is 2. The lowest BCUT2D eigenvalue weighted by Crippen LogP contribution is -2.22. The summed E-state index contributed by atoms with van der Waals surface area (Å²) in [6.07, 6.45) is 2.66. The molecule has 0 aliphatic carbocycles. The van der Waals surface area contributed by atoms with Crippen LogP contribution in [-0.4, -0.2) is 28.5 Å². The second kappa shape index (κ2) is 8.43. The average molecular weight is 364 g/mol. The lowest BCUT2D eigenvalue weighted by molar-refractivity contribution is -0.119. The van der Waals surface area contributed by atoms with Gasteiger partial charge in [0.25, 0.3) is 5.91 Å². The molecule has 1 amide bonds. The number of esters is 1. The lowest BCUT2D eigenvalue weighted by atomic mass is 10.3. The molecular formula is C19H16N4O4. The van der Waals surface area contributed by atoms with Gasteiger partial charge in [-0.3, -0.25) is 4.79 Å². The Bertz CT molecular complexity index is 947. The number of ether oxygens (including phenoxy) is 2. The minimum Gasteiger partial charge on any atom is -0.455 e. The van der Waals surface area contributed by atoms with Crippen LogP contribution in [0.5, 0.6) is 11.5 Å². The highest BCUT2D eigenvalue weighted by atomic mass is 16.5. The smallest absolute Gasteiger partial charge is 0.361 e. The number of nitrogens with two attached hydrogens (primary N) is 1. The molecule has 0 saturated heterocycles. The number of carbonyl (C=O) groups is 2. The third-order valence-corrected chi connectivity index (χ3v) is 3.39. The Hall–Kier alpha value is -3.94. The number of nitrogens with zero attached hydrogens (tertiary/aromatic N) is 2. The largest absolute Gasteiger partial charge is 0.455 e. The van der Waals surface area contributed by atoms with Crippen molar-refractivity contribution in [3.05, 3.63) is 72.7 Å². The van der Waals surface area contributed by atoms with Crippen molar-refractivity contribution in [2.24, 2.45) is 0 Å². The molecule has 3 rings (SSSR count). The first kappa shape index (κ1) is 17.9. The van der Waals surface area contributed by atoms with Gasteiger partial charge in [0.15, 0.2) is 23.9 Å². The van der Waals surface area contributed by atoms with Crippen LogP contribution in [0.2, 0.25) is 0 Å². The number of carbonyl (C=O) groups excluding carboxylic acids is 2. The van der Waals surface area contributed by atoms with Gasteiger partial charge in [0.1, 0.15) is 5.75 Å². The predicted octanol–water partition coefficient (Wildman–Crippen LogP) is 2.65. The maximum atomic E-state index is 12.1. The molecule has 3 aromatic rings. The average Bonchev–Trinajstić information content (AvgIpc) is 2.69. The van der Waals surface area contributed by atoms with Gasteiger partial charge in [-0.2, -0.15) is 0 Å². The Labute approximate surface area is 155 Å². The number of anilines is 2. The summed E-state index contributed by atoms with van der Waals surface area (Å²) in [5, 5.41) is 2.64. The van der Waals surface area contributed by atoms with Crippen molar-refractivity contribution in [3.8, 4) is 11.5 Å². The van der Waals surface area contributed by atoms with Gasteiger partial charge < -0.3 is 20.5 Å². The summed E-state index contributed by atoms with van der Waals surface area (Å²) >= 11 is 0. The summed E-state index contributed by atoms with van der Waals surface area (Å²) in [7, 11) is 0. The van der Waals surface area contributed by atoms with E-state index in [0.717, 1.165) is 0 Å². The van der Waals surface area contributed by atoms with Crippen molar-refractivity contribution in [2.75, 3.05) is 17.7 Å². The van der Waals surface area contributed by atoms with Gasteiger partial charge in [-0.25, -0.2) is 14.8 Å². The van der Waals surface area contributed by atoms with Gasteiger partial charge in [0.2, 0.25) is 0 Å². The summed E-state index contributed by atoms with van der Waals surface area (Å²) in [5.41, 5.74) is 5.86. The van der Waals surface area contributed by atoms with Crippen molar-refractivity contribution in [2.45, 2.75) is 0 Å². The SMILES string of the molecule is Nc1nccnc1C(=O)OCC(=O)Nc1ccccc1Oc1ccccc1. The molecule has 0 spiro atoms. The fraction of sp³-hybridized carbons (Fsp3) is 0.0526. The number of nitrogens with one attached hydrogen (secondary N) is 1. The number of rotatable bonds is 6. The van der Waals surface area contributed by atoms with Crippen LogP contribution in [0.3, 0.4) is 0 Å². The maximum Gasteiger partial charge on any atom is 0.361 e. The lowest BCUT2D eigenvalue weighted by Gasteiger charge is -2.12. The van der Waals surface area contributed by atoms with E-state index in [-0.39, 0.29) is 11.5 Å². The summed E-state index contributed by atoms with van der Waals surface area (Å²) in [6, 6.07) is 16.1. The maximum absolute atomic E-state index is 12.1. The number of hydrogen-bond donors (Lipinski definition) is 2. The van der Waals surface area contributed by atoms with Crippen LogP contribution in [-0.2, 0) is 9.53 Å². The molecule has 8 nitrogen and oxygen atoms in total. The Morgan fingerprint density at radius 3 is 2.44 bits per heavy atom. The van der Waals surface area contributed by atoms with Gasteiger partial charge in [-0.15, -0.1) is 0 Å². The Morgan fingerprint density at radius 1 is 0.963 bits per heavy atom. The molecule has 0 unspecified atom stereocenters. The monoisotopic (exact) mass is 364 g/mol. The molecule has 0 aliphatic rings. The van der Waals surface area contributed by atoms with E-state index in [1.54, 1.807) is 36.4 Å². The normalized spacial score (nSPS) is 10.1. The van der Waals surface area contributed by atoms with Gasteiger partial charge in [0, 0.05) is 12.4 Å². The first-order valence-corrected chi connectivity index (χ1v) is 7.99. The Morgan fingerprint density at radius 2 is 1.67 bits per heavy atom. The van der Waals surface area contributed by atoms with Gasteiger partial charge in [0.05, 0.1) is 5.69 Å². The van der Waals surface area contributed by atoms with Crippen LogP contribution < -0.4 is 15.8 Å². The molecule has 2 aromatic carbocycles. The zero-order valence-electron chi connectivity index (χ0n) is 14.2. The first-order chi connectivity index (χ1) is 13.1. The third-order valence-electron chi connectivity index (χ3n) is 3.39. The first-order valence-electron chi connectivity index (χ1n) is 7.99.